The second-order valence-electron chi connectivity index (χ2n) is 8.06. The molecule has 4 rings (SSSR count). The first-order valence-electron chi connectivity index (χ1n) is 10.9. The Bertz CT molecular complexity index is 1200. The minimum Gasteiger partial charge on any atom is -0.454 e. The molecule has 0 bridgehead atoms. The van der Waals surface area contributed by atoms with Gasteiger partial charge in [0.25, 0.3) is 5.91 Å². The van der Waals surface area contributed by atoms with E-state index in [1.807, 2.05) is 0 Å². The number of nitrogens with one attached hydrogen (secondary N) is 1. The van der Waals surface area contributed by atoms with E-state index in [-0.39, 0.29) is 18.9 Å². The van der Waals surface area contributed by atoms with Crippen molar-refractivity contribution in [2.75, 3.05) is 19.9 Å². The highest BCUT2D eigenvalue weighted by atomic mass is 32.2. The molecule has 2 aromatic rings. The van der Waals surface area contributed by atoms with Crippen molar-refractivity contribution in [1.29, 1.82) is 0 Å². The molecular weight excluding hydrogens is 467 g/mol. The van der Waals surface area contributed by atoms with E-state index >= 15 is 0 Å². The van der Waals surface area contributed by atoms with Crippen molar-refractivity contribution in [3.63, 3.8) is 0 Å². The van der Waals surface area contributed by atoms with Gasteiger partial charge in [0, 0.05) is 19.6 Å². The molecule has 1 N–H and O–H groups in total. The van der Waals surface area contributed by atoms with Crippen LogP contribution >= 0.6 is 0 Å². The molecule has 2 heterocycles. The van der Waals surface area contributed by atoms with Crippen LogP contribution in [0.2, 0.25) is 0 Å². The summed E-state index contributed by atoms with van der Waals surface area (Å²) < 4.78 is 57.0. The number of carbonyl (C=O) groups excluding carboxylic acids is 2. The highest BCUT2D eigenvalue weighted by molar-refractivity contribution is 7.89. The first-order chi connectivity index (χ1) is 16.3. The molecule has 1 unspecified atom stereocenters. The van der Waals surface area contributed by atoms with Crippen LogP contribution in [0.15, 0.2) is 41.3 Å². The molecule has 1 fully saturated rings. The van der Waals surface area contributed by atoms with Gasteiger partial charge in [-0.05, 0) is 55.7 Å². The maximum absolute atomic E-state index is 14.4. The number of hydrogen-bond donors (Lipinski definition) is 1. The Labute approximate surface area is 196 Å². The van der Waals surface area contributed by atoms with Crippen LogP contribution in [0.5, 0.6) is 11.5 Å². The monoisotopic (exact) mass is 492 g/mol. The van der Waals surface area contributed by atoms with Gasteiger partial charge in [0.15, 0.2) is 17.6 Å². The van der Waals surface area contributed by atoms with Gasteiger partial charge in [-0.1, -0.05) is 12.5 Å². The van der Waals surface area contributed by atoms with Crippen LogP contribution in [0.4, 0.5) is 4.39 Å². The molecule has 2 aliphatic heterocycles. The summed E-state index contributed by atoms with van der Waals surface area (Å²) in [5.74, 6) is -1.22. The Morgan fingerprint density at radius 1 is 1.09 bits per heavy atom. The van der Waals surface area contributed by atoms with Crippen LogP contribution in [-0.2, 0) is 26.1 Å². The van der Waals surface area contributed by atoms with Gasteiger partial charge in [-0.25, -0.2) is 17.6 Å². The first kappa shape index (κ1) is 24.0. The fraction of sp³-hybridized carbons (Fsp3) is 0.391. The molecule has 1 saturated heterocycles. The van der Waals surface area contributed by atoms with E-state index in [1.54, 1.807) is 18.2 Å². The molecular formula is C23H25FN2O7S. The van der Waals surface area contributed by atoms with Crippen molar-refractivity contribution in [3.05, 3.63) is 53.3 Å². The Hall–Kier alpha value is -3.18. The molecule has 1 atom stereocenters. The summed E-state index contributed by atoms with van der Waals surface area (Å²) in [5, 5.41) is 2.66. The molecule has 0 saturated carbocycles. The van der Waals surface area contributed by atoms with Crippen LogP contribution < -0.4 is 14.8 Å². The summed E-state index contributed by atoms with van der Waals surface area (Å²) in [4.78, 5) is 24.4. The molecule has 0 aliphatic carbocycles. The lowest BCUT2D eigenvalue weighted by atomic mass is 10.2. The SMILES string of the molecule is CC(OC(=O)c1ccc(F)c(S(=O)(=O)N2CCCCC2)c1)C(=O)NCc1ccc2c(c1)OCO2. The molecule has 182 valence electrons. The first-order valence-corrected chi connectivity index (χ1v) is 12.4. The second kappa shape index (κ2) is 9.98. The molecule has 0 spiro atoms. The van der Waals surface area contributed by atoms with E-state index in [1.165, 1.54) is 11.2 Å². The molecule has 2 aromatic carbocycles. The van der Waals surface area contributed by atoms with Crippen LogP contribution in [0.1, 0.15) is 42.1 Å². The zero-order chi connectivity index (χ0) is 24.3. The summed E-state index contributed by atoms with van der Waals surface area (Å²) >= 11 is 0. The van der Waals surface area contributed by atoms with Gasteiger partial charge in [-0.3, -0.25) is 4.79 Å². The van der Waals surface area contributed by atoms with Crippen LogP contribution in [0.3, 0.4) is 0 Å². The Morgan fingerprint density at radius 3 is 2.59 bits per heavy atom. The maximum atomic E-state index is 14.4. The van der Waals surface area contributed by atoms with Gasteiger partial charge in [-0.15, -0.1) is 0 Å². The predicted octanol–water partition coefficient (Wildman–Crippen LogP) is 2.59. The number of amides is 1. The number of rotatable bonds is 7. The molecule has 34 heavy (non-hydrogen) atoms. The number of halogens is 1. The number of nitrogens with zero attached hydrogens (tertiary/aromatic N) is 1. The number of sulfonamides is 1. The minimum atomic E-state index is -4.09. The van der Waals surface area contributed by atoms with Gasteiger partial charge in [0.1, 0.15) is 10.7 Å². The van der Waals surface area contributed by atoms with Crippen LogP contribution in [-0.4, -0.2) is 50.6 Å². The van der Waals surface area contributed by atoms with Crippen molar-refractivity contribution in [2.24, 2.45) is 0 Å². The highest BCUT2D eigenvalue weighted by Gasteiger charge is 2.30. The summed E-state index contributed by atoms with van der Waals surface area (Å²) in [6.07, 6.45) is 1.15. The number of ether oxygens (including phenoxy) is 3. The zero-order valence-electron chi connectivity index (χ0n) is 18.6. The molecule has 0 aromatic heterocycles. The van der Waals surface area contributed by atoms with Gasteiger partial charge in [0.2, 0.25) is 16.8 Å². The third-order valence-corrected chi connectivity index (χ3v) is 7.57. The van der Waals surface area contributed by atoms with Crippen molar-refractivity contribution < 1.29 is 36.6 Å². The van der Waals surface area contributed by atoms with Crippen molar-refractivity contribution in [3.8, 4) is 11.5 Å². The van der Waals surface area contributed by atoms with Crippen molar-refractivity contribution in [1.82, 2.24) is 9.62 Å². The fourth-order valence-corrected chi connectivity index (χ4v) is 5.35. The Morgan fingerprint density at radius 2 is 1.82 bits per heavy atom. The number of carbonyl (C=O) groups is 2. The van der Waals surface area contributed by atoms with Gasteiger partial charge < -0.3 is 19.5 Å². The smallest absolute Gasteiger partial charge is 0.338 e. The normalized spacial score (nSPS) is 16.6. The lowest BCUT2D eigenvalue weighted by Crippen LogP contribution is -2.36. The number of fused-ring (bicyclic) bond motifs is 1. The minimum absolute atomic E-state index is 0.141. The highest BCUT2D eigenvalue weighted by Crippen LogP contribution is 2.32. The summed E-state index contributed by atoms with van der Waals surface area (Å²) in [7, 11) is -4.09. The average Bonchev–Trinajstić information content (AvgIpc) is 3.31. The van der Waals surface area contributed by atoms with Gasteiger partial charge in [-0.2, -0.15) is 4.31 Å². The van der Waals surface area contributed by atoms with Crippen LogP contribution in [0, 0.1) is 5.82 Å². The largest absolute Gasteiger partial charge is 0.454 e. The predicted molar refractivity (Wildman–Crippen MR) is 118 cm³/mol. The second-order valence-corrected chi connectivity index (χ2v) is 9.97. The molecule has 9 nitrogen and oxygen atoms in total. The molecule has 11 heteroatoms. The Balaban J connectivity index is 1.38. The third kappa shape index (κ3) is 5.15. The number of piperidine rings is 1. The summed E-state index contributed by atoms with van der Waals surface area (Å²) in [5.41, 5.74) is 0.606. The third-order valence-electron chi connectivity index (χ3n) is 5.66. The lowest BCUT2D eigenvalue weighted by molar-refractivity contribution is -0.129. The summed E-state index contributed by atoms with van der Waals surface area (Å²) in [6.45, 7) is 2.31. The fourth-order valence-electron chi connectivity index (χ4n) is 3.74. The van der Waals surface area contributed by atoms with E-state index in [0.29, 0.717) is 37.4 Å². The van der Waals surface area contributed by atoms with E-state index in [9.17, 15) is 22.4 Å². The van der Waals surface area contributed by atoms with Crippen molar-refractivity contribution in [2.45, 2.75) is 43.7 Å². The summed E-state index contributed by atoms with van der Waals surface area (Å²) in [6, 6.07) is 8.24. The van der Waals surface area contributed by atoms with Gasteiger partial charge >= 0.3 is 5.97 Å². The number of esters is 1. The lowest BCUT2D eigenvalue weighted by Gasteiger charge is -2.26. The molecule has 1 amide bonds. The quantitative estimate of drug-likeness (QED) is 0.592. The zero-order valence-corrected chi connectivity index (χ0v) is 19.4. The Kier molecular flexibility index (Phi) is 7.03. The van der Waals surface area contributed by atoms with Crippen molar-refractivity contribution >= 4 is 21.9 Å². The van der Waals surface area contributed by atoms with Gasteiger partial charge in [0.05, 0.1) is 5.56 Å². The molecule has 2 aliphatic rings. The number of benzene rings is 2. The van der Waals surface area contributed by atoms with Crippen LogP contribution in [0.25, 0.3) is 0 Å². The maximum Gasteiger partial charge on any atom is 0.338 e. The molecule has 0 radical (unpaired) electrons. The standard InChI is InChI=1S/C23H25FN2O7S/c1-15(22(27)25-13-16-5-8-19-20(11-16)32-14-31-19)33-23(28)17-6-7-18(24)21(12-17)34(29,30)26-9-3-2-4-10-26/h5-8,11-12,15H,2-4,9-10,13-14H2,1H3,(H,25,27). The van der Waals surface area contributed by atoms with E-state index in [4.69, 9.17) is 14.2 Å². The van der Waals surface area contributed by atoms with E-state index < -0.39 is 38.7 Å². The van der Waals surface area contributed by atoms with E-state index in [2.05, 4.69) is 5.32 Å². The topological polar surface area (TPSA) is 111 Å². The number of hydrogen-bond acceptors (Lipinski definition) is 7. The van der Waals surface area contributed by atoms with E-state index in [0.717, 1.165) is 30.2 Å². The average molecular weight is 493 g/mol.